The molecule has 1 aliphatic heterocycles. The second kappa shape index (κ2) is 5.25. The van der Waals surface area contributed by atoms with E-state index < -0.39 is 11.4 Å². The van der Waals surface area contributed by atoms with E-state index in [4.69, 9.17) is 16.0 Å². The fraction of sp³-hybridized carbons (Fsp3) is 0.538. The van der Waals surface area contributed by atoms with Crippen LogP contribution in [0, 0.1) is 5.41 Å². The van der Waals surface area contributed by atoms with E-state index in [9.17, 15) is 14.7 Å². The molecule has 1 fully saturated rings. The second-order valence-corrected chi connectivity index (χ2v) is 5.25. The van der Waals surface area contributed by atoms with Crippen LogP contribution >= 0.6 is 11.6 Å². The molecule has 1 aliphatic rings. The summed E-state index contributed by atoms with van der Waals surface area (Å²) in [5.74, 6) is -0.988. The minimum absolute atomic E-state index is 0.153. The van der Waals surface area contributed by atoms with Gasteiger partial charge in [0.1, 0.15) is 0 Å². The van der Waals surface area contributed by atoms with Gasteiger partial charge in [0, 0.05) is 13.1 Å². The van der Waals surface area contributed by atoms with Crippen molar-refractivity contribution >= 4 is 23.5 Å². The van der Waals surface area contributed by atoms with Gasteiger partial charge in [0.05, 0.1) is 5.41 Å². The fourth-order valence-electron chi connectivity index (χ4n) is 2.50. The Morgan fingerprint density at radius 2 is 2.26 bits per heavy atom. The predicted molar refractivity (Wildman–Crippen MR) is 69.2 cm³/mol. The number of likely N-dealkylation sites (tertiary alicyclic amines) is 1. The molecule has 19 heavy (non-hydrogen) atoms. The van der Waals surface area contributed by atoms with Crippen LogP contribution in [-0.2, 0) is 4.79 Å². The van der Waals surface area contributed by atoms with Crippen LogP contribution in [0.1, 0.15) is 36.7 Å². The summed E-state index contributed by atoms with van der Waals surface area (Å²) in [6.07, 6.45) is 1.78. The van der Waals surface area contributed by atoms with Crippen LogP contribution in [0.4, 0.5) is 0 Å². The summed E-state index contributed by atoms with van der Waals surface area (Å²) in [5.41, 5.74) is -0.843. The molecule has 1 unspecified atom stereocenters. The third kappa shape index (κ3) is 2.61. The zero-order valence-corrected chi connectivity index (χ0v) is 11.4. The lowest BCUT2D eigenvalue weighted by Crippen LogP contribution is -2.49. The third-order valence-electron chi connectivity index (χ3n) is 3.78. The SMILES string of the molecule is CCC1(C(=O)O)CCCN(C(=O)c2ccc(Cl)o2)C1. The minimum Gasteiger partial charge on any atom is -0.481 e. The number of carbonyl (C=O) groups is 2. The van der Waals surface area contributed by atoms with Crippen molar-refractivity contribution in [1.29, 1.82) is 0 Å². The zero-order chi connectivity index (χ0) is 14.0. The second-order valence-electron chi connectivity index (χ2n) is 4.87. The molecule has 0 aromatic carbocycles. The lowest BCUT2D eigenvalue weighted by molar-refractivity contribution is -0.152. The average Bonchev–Trinajstić information content (AvgIpc) is 2.84. The van der Waals surface area contributed by atoms with Gasteiger partial charge >= 0.3 is 5.97 Å². The van der Waals surface area contributed by atoms with Gasteiger partial charge in [0.2, 0.25) is 0 Å². The Hall–Kier alpha value is -1.49. The van der Waals surface area contributed by atoms with Gasteiger partial charge in [-0.15, -0.1) is 0 Å². The van der Waals surface area contributed by atoms with E-state index in [1.54, 1.807) is 0 Å². The summed E-state index contributed by atoms with van der Waals surface area (Å²) < 4.78 is 5.09. The van der Waals surface area contributed by atoms with Gasteiger partial charge in [-0.2, -0.15) is 0 Å². The maximum absolute atomic E-state index is 12.2. The summed E-state index contributed by atoms with van der Waals surface area (Å²) in [6, 6.07) is 3.01. The molecule has 104 valence electrons. The molecule has 0 radical (unpaired) electrons. The highest BCUT2D eigenvalue weighted by atomic mass is 35.5. The number of rotatable bonds is 3. The summed E-state index contributed by atoms with van der Waals surface area (Å²) in [5, 5.41) is 9.53. The first kappa shape index (κ1) is 13.9. The highest BCUT2D eigenvalue weighted by Gasteiger charge is 2.42. The standard InChI is InChI=1S/C13H16ClNO4/c1-2-13(12(17)18)6-3-7-15(8-13)11(16)9-4-5-10(14)19-9/h4-5H,2-3,6-8H2,1H3,(H,17,18). The number of hydrogen-bond donors (Lipinski definition) is 1. The molecule has 1 aromatic heterocycles. The lowest BCUT2D eigenvalue weighted by Gasteiger charge is -2.39. The number of carbonyl (C=O) groups excluding carboxylic acids is 1. The molecule has 1 atom stereocenters. The molecule has 1 N–H and O–H groups in total. The maximum Gasteiger partial charge on any atom is 0.311 e. The minimum atomic E-state index is -0.843. The van der Waals surface area contributed by atoms with E-state index >= 15 is 0 Å². The van der Waals surface area contributed by atoms with Crippen molar-refractivity contribution in [2.24, 2.45) is 5.41 Å². The van der Waals surface area contributed by atoms with E-state index in [-0.39, 0.29) is 23.4 Å². The highest BCUT2D eigenvalue weighted by molar-refractivity contribution is 6.29. The zero-order valence-electron chi connectivity index (χ0n) is 10.7. The van der Waals surface area contributed by atoms with Crippen molar-refractivity contribution in [3.63, 3.8) is 0 Å². The third-order valence-corrected chi connectivity index (χ3v) is 3.98. The Labute approximate surface area is 116 Å². The van der Waals surface area contributed by atoms with E-state index in [0.717, 1.165) is 0 Å². The Kier molecular flexibility index (Phi) is 3.85. The van der Waals surface area contributed by atoms with Crippen molar-refractivity contribution < 1.29 is 19.1 Å². The van der Waals surface area contributed by atoms with Gasteiger partial charge in [-0.25, -0.2) is 0 Å². The first-order valence-electron chi connectivity index (χ1n) is 6.26. The van der Waals surface area contributed by atoms with Crippen LogP contribution in [0.3, 0.4) is 0 Å². The van der Waals surface area contributed by atoms with Gasteiger partial charge in [-0.3, -0.25) is 9.59 Å². The van der Waals surface area contributed by atoms with Gasteiger partial charge in [-0.1, -0.05) is 6.92 Å². The fourth-order valence-corrected chi connectivity index (χ4v) is 2.65. The largest absolute Gasteiger partial charge is 0.481 e. The normalized spacial score (nSPS) is 23.4. The molecule has 0 spiro atoms. The van der Waals surface area contributed by atoms with Gasteiger partial charge < -0.3 is 14.4 Å². The van der Waals surface area contributed by atoms with Crippen molar-refractivity contribution in [2.45, 2.75) is 26.2 Å². The smallest absolute Gasteiger partial charge is 0.311 e. The Bertz CT molecular complexity index is 499. The molecule has 1 saturated heterocycles. The molecule has 0 saturated carbocycles. The molecule has 0 aliphatic carbocycles. The molecule has 6 heteroatoms. The number of carboxylic acids is 1. The van der Waals surface area contributed by atoms with E-state index in [1.165, 1.54) is 17.0 Å². The number of aliphatic carboxylic acids is 1. The van der Waals surface area contributed by atoms with E-state index in [2.05, 4.69) is 0 Å². The number of piperidine rings is 1. The van der Waals surface area contributed by atoms with Crippen molar-refractivity contribution in [3.8, 4) is 0 Å². The Morgan fingerprint density at radius 3 is 2.79 bits per heavy atom. The number of halogens is 1. The quantitative estimate of drug-likeness (QED) is 0.927. The molecule has 2 heterocycles. The molecular weight excluding hydrogens is 270 g/mol. The summed E-state index contributed by atoms with van der Waals surface area (Å²) in [4.78, 5) is 25.2. The number of carboxylic acid groups (broad SMARTS) is 1. The highest BCUT2D eigenvalue weighted by Crippen LogP contribution is 2.34. The monoisotopic (exact) mass is 285 g/mol. The van der Waals surface area contributed by atoms with Gasteiger partial charge in [0.15, 0.2) is 11.0 Å². The first-order valence-corrected chi connectivity index (χ1v) is 6.64. The van der Waals surface area contributed by atoms with Crippen LogP contribution in [-0.4, -0.2) is 35.0 Å². The van der Waals surface area contributed by atoms with Gasteiger partial charge in [0.25, 0.3) is 5.91 Å². The molecular formula is C13H16ClNO4. The average molecular weight is 286 g/mol. The lowest BCUT2D eigenvalue weighted by atomic mass is 9.77. The van der Waals surface area contributed by atoms with Crippen LogP contribution in [0.15, 0.2) is 16.5 Å². The van der Waals surface area contributed by atoms with Crippen molar-refractivity contribution in [2.75, 3.05) is 13.1 Å². The number of nitrogens with zero attached hydrogens (tertiary/aromatic N) is 1. The van der Waals surface area contributed by atoms with Crippen LogP contribution < -0.4 is 0 Å². The molecule has 1 amide bonds. The predicted octanol–water partition coefficient (Wildman–Crippen LogP) is 2.65. The van der Waals surface area contributed by atoms with E-state index in [1.807, 2.05) is 6.92 Å². The van der Waals surface area contributed by atoms with Crippen LogP contribution in [0.2, 0.25) is 5.22 Å². The topological polar surface area (TPSA) is 70.8 Å². The summed E-state index contributed by atoms with van der Waals surface area (Å²) >= 11 is 5.65. The van der Waals surface area contributed by atoms with Crippen molar-refractivity contribution in [1.82, 2.24) is 4.90 Å². The number of furan rings is 1. The van der Waals surface area contributed by atoms with Crippen LogP contribution in [0.25, 0.3) is 0 Å². The number of hydrogen-bond acceptors (Lipinski definition) is 3. The molecule has 0 bridgehead atoms. The van der Waals surface area contributed by atoms with Crippen LogP contribution in [0.5, 0.6) is 0 Å². The Morgan fingerprint density at radius 1 is 1.53 bits per heavy atom. The summed E-state index contributed by atoms with van der Waals surface area (Å²) in [6.45, 7) is 2.61. The van der Waals surface area contributed by atoms with Crippen molar-refractivity contribution in [3.05, 3.63) is 23.1 Å². The first-order chi connectivity index (χ1) is 8.98. The Balaban J connectivity index is 2.17. The summed E-state index contributed by atoms with van der Waals surface area (Å²) in [7, 11) is 0. The molecule has 2 rings (SSSR count). The molecule has 5 nitrogen and oxygen atoms in total. The molecule has 1 aromatic rings. The maximum atomic E-state index is 12.2. The van der Waals surface area contributed by atoms with Gasteiger partial charge in [-0.05, 0) is 43.0 Å². The number of amides is 1. The van der Waals surface area contributed by atoms with E-state index in [0.29, 0.717) is 25.8 Å².